The molecule has 1 aromatic heterocycles. The van der Waals surface area contributed by atoms with Gasteiger partial charge >= 0.3 is 0 Å². The van der Waals surface area contributed by atoms with Gasteiger partial charge in [-0.2, -0.15) is 0 Å². The highest BCUT2D eigenvalue weighted by Gasteiger charge is 2.10. The summed E-state index contributed by atoms with van der Waals surface area (Å²) in [4.78, 5) is 15.5. The predicted molar refractivity (Wildman–Crippen MR) is 67.0 cm³/mol. The van der Waals surface area contributed by atoms with E-state index in [4.69, 9.17) is 11.6 Å². The van der Waals surface area contributed by atoms with Crippen LogP contribution in [0.15, 0.2) is 18.3 Å². The quantitative estimate of drug-likeness (QED) is 0.791. The van der Waals surface area contributed by atoms with Crippen LogP contribution < -0.4 is 5.32 Å². The molecule has 2 N–H and O–H groups in total. The molecule has 0 bridgehead atoms. The zero-order chi connectivity index (χ0) is 12.8. The van der Waals surface area contributed by atoms with Crippen molar-refractivity contribution in [3.8, 4) is 0 Å². The lowest BCUT2D eigenvalue weighted by Gasteiger charge is -2.14. The van der Waals surface area contributed by atoms with Crippen LogP contribution >= 0.6 is 11.6 Å². The molecule has 0 aliphatic carbocycles. The van der Waals surface area contributed by atoms with E-state index in [0.29, 0.717) is 23.7 Å². The molecule has 0 aromatic carbocycles. The fourth-order valence-electron chi connectivity index (χ4n) is 1.58. The van der Waals surface area contributed by atoms with Crippen molar-refractivity contribution in [1.82, 2.24) is 10.3 Å². The summed E-state index contributed by atoms with van der Waals surface area (Å²) in [5, 5.41) is 12.3. The van der Waals surface area contributed by atoms with Crippen LogP contribution in [0.25, 0.3) is 0 Å². The molecular formula is C12H17ClN2O2. The first-order chi connectivity index (χ1) is 7.99. The first-order valence-electron chi connectivity index (χ1n) is 5.57. The van der Waals surface area contributed by atoms with Crippen molar-refractivity contribution < 1.29 is 9.90 Å². The molecule has 0 radical (unpaired) electrons. The monoisotopic (exact) mass is 256 g/mol. The molecule has 0 spiro atoms. The van der Waals surface area contributed by atoms with Gasteiger partial charge in [-0.1, -0.05) is 18.5 Å². The minimum absolute atomic E-state index is 0.174. The molecule has 1 amide bonds. The topological polar surface area (TPSA) is 62.2 Å². The number of amides is 1. The van der Waals surface area contributed by atoms with Crippen LogP contribution in [-0.4, -0.2) is 28.6 Å². The van der Waals surface area contributed by atoms with Gasteiger partial charge in [0, 0.05) is 18.3 Å². The van der Waals surface area contributed by atoms with Gasteiger partial charge in [0.1, 0.15) is 5.15 Å². The van der Waals surface area contributed by atoms with E-state index in [1.807, 2.05) is 6.92 Å². The van der Waals surface area contributed by atoms with Gasteiger partial charge in [-0.15, -0.1) is 0 Å². The molecule has 5 heteroatoms. The van der Waals surface area contributed by atoms with Crippen LogP contribution in [0.4, 0.5) is 0 Å². The highest BCUT2D eigenvalue weighted by atomic mass is 35.5. The lowest BCUT2D eigenvalue weighted by molar-refractivity contribution is 0.0939. The van der Waals surface area contributed by atoms with Crippen molar-refractivity contribution in [2.45, 2.75) is 26.4 Å². The smallest absolute Gasteiger partial charge is 0.251 e. The van der Waals surface area contributed by atoms with Crippen LogP contribution in [-0.2, 0) is 0 Å². The summed E-state index contributed by atoms with van der Waals surface area (Å²) in [5.74, 6) is 0.0583. The second kappa shape index (κ2) is 6.57. The Kier molecular flexibility index (Phi) is 5.38. The lowest BCUT2D eigenvalue weighted by atomic mass is 10.0. The molecule has 1 rings (SSSR count). The number of aromatic nitrogens is 1. The van der Waals surface area contributed by atoms with E-state index in [1.165, 1.54) is 12.3 Å². The van der Waals surface area contributed by atoms with Crippen molar-refractivity contribution >= 4 is 17.5 Å². The molecule has 4 nitrogen and oxygen atoms in total. The molecular weight excluding hydrogens is 240 g/mol. The maximum atomic E-state index is 11.7. The SMILES string of the molecule is CC(O)CC(C)CNC(=O)c1ccnc(Cl)c1. The highest BCUT2D eigenvalue weighted by molar-refractivity contribution is 6.29. The van der Waals surface area contributed by atoms with E-state index in [2.05, 4.69) is 10.3 Å². The number of carbonyl (C=O) groups is 1. The van der Waals surface area contributed by atoms with Gasteiger partial charge in [-0.3, -0.25) is 4.79 Å². The van der Waals surface area contributed by atoms with E-state index in [9.17, 15) is 9.90 Å². The zero-order valence-electron chi connectivity index (χ0n) is 9.98. The van der Waals surface area contributed by atoms with Crippen molar-refractivity contribution in [2.24, 2.45) is 5.92 Å². The van der Waals surface area contributed by atoms with Crippen LogP contribution in [0.1, 0.15) is 30.6 Å². The van der Waals surface area contributed by atoms with E-state index in [-0.39, 0.29) is 17.9 Å². The van der Waals surface area contributed by atoms with Crippen molar-refractivity contribution in [3.63, 3.8) is 0 Å². The molecule has 0 aliphatic rings. The molecule has 2 unspecified atom stereocenters. The third-order valence-corrected chi connectivity index (χ3v) is 2.55. The molecule has 2 atom stereocenters. The Morgan fingerprint density at radius 3 is 2.88 bits per heavy atom. The fourth-order valence-corrected chi connectivity index (χ4v) is 1.75. The van der Waals surface area contributed by atoms with Gasteiger partial charge in [0.2, 0.25) is 0 Å². The number of aliphatic hydroxyl groups excluding tert-OH is 1. The predicted octanol–water partition coefficient (Wildman–Crippen LogP) is 1.87. The number of aliphatic hydroxyl groups is 1. The minimum Gasteiger partial charge on any atom is -0.393 e. The van der Waals surface area contributed by atoms with Crippen LogP contribution in [0.5, 0.6) is 0 Å². The van der Waals surface area contributed by atoms with Gasteiger partial charge in [-0.05, 0) is 31.4 Å². The summed E-state index contributed by atoms with van der Waals surface area (Å²) in [5.41, 5.74) is 0.495. The summed E-state index contributed by atoms with van der Waals surface area (Å²) in [6, 6.07) is 3.14. The number of nitrogens with zero attached hydrogens (tertiary/aromatic N) is 1. The van der Waals surface area contributed by atoms with Gasteiger partial charge in [-0.25, -0.2) is 4.98 Å². The summed E-state index contributed by atoms with van der Waals surface area (Å²) in [6.07, 6.45) is 1.81. The third kappa shape index (κ3) is 5.15. The van der Waals surface area contributed by atoms with E-state index >= 15 is 0 Å². The molecule has 94 valence electrons. The standard InChI is InChI=1S/C12H17ClN2O2/c1-8(5-9(2)16)7-15-12(17)10-3-4-14-11(13)6-10/h3-4,6,8-9,16H,5,7H2,1-2H3,(H,15,17). The first kappa shape index (κ1) is 13.9. The number of rotatable bonds is 5. The molecule has 1 aromatic rings. The van der Waals surface area contributed by atoms with Gasteiger partial charge in [0.05, 0.1) is 6.10 Å². The second-order valence-electron chi connectivity index (χ2n) is 4.27. The van der Waals surface area contributed by atoms with E-state index in [1.54, 1.807) is 13.0 Å². The highest BCUT2D eigenvalue weighted by Crippen LogP contribution is 2.08. The Morgan fingerprint density at radius 2 is 2.29 bits per heavy atom. The molecule has 0 fully saturated rings. The summed E-state index contributed by atoms with van der Waals surface area (Å²) >= 11 is 5.70. The fraction of sp³-hybridized carbons (Fsp3) is 0.500. The van der Waals surface area contributed by atoms with Crippen LogP contribution in [0.2, 0.25) is 5.15 Å². The average Bonchev–Trinajstić information content (AvgIpc) is 2.25. The number of halogens is 1. The second-order valence-corrected chi connectivity index (χ2v) is 4.65. The Labute approximate surface area is 106 Å². The molecule has 0 aliphatic heterocycles. The summed E-state index contributed by atoms with van der Waals surface area (Å²) in [6.45, 7) is 4.25. The number of pyridine rings is 1. The molecule has 0 saturated carbocycles. The van der Waals surface area contributed by atoms with Crippen LogP contribution in [0, 0.1) is 5.92 Å². The lowest BCUT2D eigenvalue weighted by Crippen LogP contribution is -2.29. The summed E-state index contributed by atoms with van der Waals surface area (Å²) < 4.78 is 0. The maximum absolute atomic E-state index is 11.7. The van der Waals surface area contributed by atoms with Crippen LogP contribution in [0.3, 0.4) is 0 Å². The van der Waals surface area contributed by atoms with E-state index < -0.39 is 0 Å². The Bertz CT molecular complexity index is 383. The minimum atomic E-state index is -0.350. The average molecular weight is 257 g/mol. The Balaban J connectivity index is 2.45. The maximum Gasteiger partial charge on any atom is 0.251 e. The van der Waals surface area contributed by atoms with Crippen molar-refractivity contribution in [2.75, 3.05) is 6.54 Å². The largest absolute Gasteiger partial charge is 0.393 e. The Hall–Kier alpha value is -1.13. The Morgan fingerprint density at radius 1 is 1.59 bits per heavy atom. The van der Waals surface area contributed by atoms with Crippen molar-refractivity contribution in [1.29, 1.82) is 0 Å². The number of carbonyl (C=O) groups excluding carboxylic acids is 1. The number of hydrogen-bond donors (Lipinski definition) is 2. The normalized spacial score (nSPS) is 14.1. The summed E-state index contributed by atoms with van der Waals surface area (Å²) in [7, 11) is 0. The molecule has 1 heterocycles. The first-order valence-corrected chi connectivity index (χ1v) is 5.94. The van der Waals surface area contributed by atoms with Gasteiger partial charge < -0.3 is 10.4 Å². The van der Waals surface area contributed by atoms with E-state index in [0.717, 1.165) is 0 Å². The molecule has 17 heavy (non-hydrogen) atoms. The van der Waals surface area contributed by atoms with Gasteiger partial charge in [0.25, 0.3) is 5.91 Å². The molecule has 0 saturated heterocycles. The zero-order valence-corrected chi connectivity index (χ0v) is 10.7. The van der Waals surface area contributed by atoms with Crippen molar-refractivity contribution in [3.05, 3.63) is 29.0 Å². The third-order valence-electron chi connectivity index (χ3n) is 2.34. The number of hydrogen-bond acceptors (Lipinski definition) is 3. The number of nitrogens with one attached hydrogen (secondary N) is 1. The van der Waals surface area contributed by atoms with Gasteiger partial charge in [0.15, 0.2) is 0 Å².